The second kappa shape index (κ2) is 6.62. The van der Waals surface area contributed by atoms with Crippen molar-refractivity contribution in [2.45, 2.75) is 19.8 Å². The topological polar surface area (TPSA) is 86.9 Å². The third-order valence-electron chi connectivity index (χ3n) is 3.28. The molecule has 1 unspecified atom stereocenters. The third-order valence-corrected chi connectivity index (χ3v) is 3.28. The Bertz CT molecular complexity index is 675. The lowest BCUT2D eigenvalue weighted by Gasteiger charge is -2.09. The van der Waals surface area contributed by atoms with Crippen LogP contribution in [0.3, 0.4) is 0 Å². The number of hydrogen-bond donors (Lipinski definition) is 1. The molecule has 21 heavy (non-hydrogen) atoms. The van der Waals surface area contributed by atoms with Crippen LogP contribution in [0.1, 0.15) is 24.6 Å². The quantitative estimate of drug-likeness (QED) is 0.910. The Morgan fingerprint density at radius 1 is 1.33 bits per heavy atom. The average Bonchev–Trinajstić information content (AvgIpc) is 2.52. The van der Waals surface area contributed by atoms with Gasteiger partial charge in [-0.3, -0.25) is 4.79 Å². The van der Waals surface area contributed by atoms with E-state index in [-0.39, 0.29) is 0 Å². The highest BCUT2D eigenvalue weighted by Gasteiger charge is 2.16. The summed E-state index contributed by atoms with van der Waals surface area (Å²) in [5, 5.41) is 17.9. The molecule has 0 bridgehead atoms. The number of benzene rings is 1. The van der Waals surface area contributed by atoms with Crippen molar-refractivity contribution >= 4 is 5.97 Å². The maximum absolute atomic E-state index is 11.1. The molecule has 1 aromatic carbocycles. The van der Waals surface area contributed by atoms with E-state index in [9.17, 15) is 4.79 Å². The molecule has 106 valence electrons. The zero-order chi connectivity index (χ0) is 15.2. The van der Waals surface area contributed by atoms with E-state index in [0.717, 1.165) is 5.56 Å². The normalized spacial score (nSPS) is 11.6. The SMILES string of the molecule is CCC(Cc1ccnc(-c2ccc(C#N)cc2)n1)C(=O)O. The first-order valence-electron chi connectivity index (χ1n) is 6.69. The lowest BCUT2D eigenvalue weighted by atomic mass is 10.0. The molecule has 1 atom stereocenters. The summed E-state index contributed by atoms with van der Waals surface area (Å²) in [5.41, 5.74) is 2.09. The van der Waals surface area contributed by atoms with Crippen LogP contribution in [0.2, 0.25) is 0 Å². The molecule has 5 nitrogen and oxygen atoms in total. The molecule has 0 amide bonds. The van der Waals surface area contributed by atoms with Gasteiger partial charge in [0.15, 0.2) is 5.82 Å². The van der Waals surface area contributed by atoms with Gasteiger partial charge in [-0.05, 0) is 36.8 Å². The lowest BCUT2D eigenvalue weighted by molar-refractivity contribution is -0.141. The molecule has 0 aliphatic carbocycles. The second-order valence-corrected chi connectivity index (χ2v) is 4.71. The molecule has 1 N–H and O–H groups in total. The molecule has 0 fully saturated rings. The Balaban J connectivity index is 2.24. The second-order valence-electron chi connectivity index (χ2n) is 4.71. The fourth-order valence-corrected chi connectivity index (χ4v) is 2.00. The number of carboxylic acid groups (broad SMARTS) is 1. The molecule has 0 spiro atoms. The fraction of sp³-hybridized carbons (Fsp3) is 0.250. The molecular weight excluding hydrogens is 266 g/mol. The van der Waals surface area contributed by atoms with E-state index >= 15 is 0 Å². The number of nitrogens with zero attached hydrogens (tertiary/aromatic N) is 3. The van der Waals surface area contributed by atoms with Crippen LogP contribution < -0.4 is 0 Å². The molecule has 0 saturated carbocycles. The van der Waals surface area contributed by atoms with E-state index in [1.807, 2.05) is 6.92 Å². The standard InChI is InChI=1S/C16H15N3O2/c1-2-12(16(20)21)9-14-7-8-18-15(19-14)13-5-3-11(10-17)4-6-13/h3-8,12H,2,9H2,1H3,(H,20,21). The monoisotopic (exact) mass is 281 g/mol. The summed E-state index contributed by atoms with van der Waals surface area (Å²) in [6.07, 6.45) is 2.58. The van der Waals surface area contributed by atoms with E-state index in [4.69, 9.17) is 10.4 Å². The van der Waals surface area contributed by atoms with Crippen LogP contribution in [0.4, 0.5) is 0 Å². The molecule has 5 heteroatoms. The third kappa shape index (κ3) is 3.63. The van der Waals surface area contributed by atoms with Crippen LogP contribution in [0, 0.1) is 17.2 Å². The Labute approximate surface area is 122 Å². The summed E-state index contributed by atoms with van der Waals surface area (Å²) in [7, 11) is 0. The van der Waals surface area contributed by atoms with Crippen molar-refractivity contribution < 1.29 is 9.90 Å². The first kappa shape index (κ1) is 14.7. The Kier molecular flexibility index (Phi) is 4.62. The Morgan fingerprint density at radius 2 is 2.05 bits per heavy atom. The van der Waals surface area contributed by atoms with Crippen molar-refractivity contribution in [3.8, 4) is 17.5 Å². The zero-order valence-electron chi connectivity index (χ0n) is 11.7. The maximum atomic E-state index is 11.1. The summed E-state index contributed by atoms with van der Waals surface area (Å²) < 4.78 is 0. The number of aliphatic carboxylic acids is 1. The van der Waals surface area contributed by atoms with Crippen molar-refractivity contribution in [3.63, 3.8) is 0 Å². The molecule has 1 heterocycles. The van der Waals surface area contributed by atoms with Gasteiger partial charge < -0.3 is 5.11 Å². The van der Waals surface area contributed by atoms with Gasteiger partial charge in [0.1, 0.15) is 0 Å². The number of nitriles is 1. The highest BCUT2D eigenvalue weighted by molar-refractivity contribution is 5.70. The summed E-state index contributed by atoms with van der Waals surface area (Å²) in [5.74, 6) is -0.706. The van der Waals surface area contributed by atoms with Gasteiger partial charge in [-0.15, -0.1) is 0 Å². The largest absolute Gasteiger partial charge is 0.481 e. The molecule has 0 saturated heterocycles. The highest BCUT2D eigenvalue weighted by Crippen LogP contribution is 2.17. The van der Waals surface area contributed by atoms with Crippen LogP contribution in [-0.4, -0.2) is 21.0 Å². The average molecular weight is 281 g/mol. The van der Waals surface area contributed by atoms with Gasteiger partial charge in [0.05, 0.1) is 17.6 Å². The number of carboxylic acids is 1. The van der Waals surface area contributed by atoms with Crippen LogP contribution in [-0.2, 0) is 11.2 Å². The van der Waals surface area contributed by atoms with Gasteiger partial charge >= 0.3 is 5.97 Å². The van der Waals surface area contributed by atoms with E-state index < -0.39 is 11.9 Å². The van der Waals surface area contributed by atoms with Gasteiger partial charge in [0.25, 0.3) is 0 Å². The Hall–Kier alpha value is -2.74. The summed E-state index contributed by atoms with van der Waals surface area (Å²) in [6.45, 7) is 1.85. The van der Waals surface area contributed by atoms with E-state index in [1.165, 1.54) is 0 Å². The summed E-state index contributed by atoms with van der Waals surface area (Å²) in [4.78, 5) is 19.7. The smallest absolute Gasteiger partial charge is 0.306 e. The van der Waals surface area contributed by atoms with E-state index in [1.54, 1.807) is 36.5 Å². The first-order valence-corrected chi connectivity index (χ1v) is 6.69. The Morgan fingerprint density at radius 3 is 2.62 bits per heavy atom. The number of aromatic nitrogens is 2. The number of rotatable bonds is 5. The predicted octanol–water partition coefficient (Wildman–Crippen LogP) is 2.67. The van der Waals surface area contributed by atoms with Crippen molar-refractivity contribution in [1.82, 2.24) is 9.97 Å². The molecule has 2 aromatic rings. The van der Waals surface area contributed by atoms with Crippen LogP contribution >= 0.6 is 0 Å². The van der Waals surface area contributed by atoms with Gasteiger partial charge in [0.2, 0.25) is 0 Å². The minimum Gasteiger partial charge on any atom is -0.481 e. The minimum absolute atomic E-state index is 0.387. The number of hydrogen-bond acceptors (Lipinski definition) is 4. The predicted molar refractivity (Wildman–Crippen MR) is 77.3 cm³/mol. The first-order chi connectivity index (χ1) is 10.1. The molecule has 1 aromatic heterocycles. The van der Waals surface area contributed by atoms with Crippen molar-refractivity contribution in [1.29, 1.82) is 5.26 Å². The van der Waals surface area contributed by atoms with E-state index in [2.05, 4.69) is 16.0 Å². The molecule has 2 rings (SSSR count). The molecular formula is C16H15N3O2. The fourth-order valence-electron chi connectivity index (χ4n) is 2.00. The van der Waals surface area contributed by atoms with E-state index in [0.29, 0.717) is 29.9 Å². The summed E-state index contributed by atoms with van der Waals surface area (Å²) in [6, 6.07) is 10.8. The van der Waals surface area contributed by atoms with Crippen molar-refractivity contribution in [2.75, 3.05) is 0 Å². The van der Waals surface area contributed by atoms with Crippen molar-refractivity contribution in [2.24, 2.45) is 5.92 Å². The lowest BCUT2D eigenvalue weighted by Crippen LogP contribution is -2.16. The van der Waals surface area contributed by atoms with Gasteiger partial charge in [0, 0.05) is 23.9 Å². The van der Waals surface area contributed by atoms with Crippen LogP contribution in [0.25, 0.3) is 11.4 Å². The summed E-state index contributed by atoms with van der Waals surface area (Å²) >= 11 is 0. The minimum atomic E-state index is -0.809. The van der Waals surface area contributed by atoms with Crippen LogP contribution in [0.5, 0.6) is 0 Å². The molecule has 0 aliphatic heterocycles. The van der Waals surface area contributed by atoms with Gasteiger partial charge in [-0.25, -0.2) is 9.97 Å². The zero-order valence-corrected chi connectivity index (χ0v) is 11.7. The van der Waals surface area contributed by atoms with Crippen molar-refractivity contribution in [3.05, 3.63) is 47.8 Å². The molecule has 0 aliphatic rings. The van der Waals surface area contributed by atoms with Crippen LogP contribution in [0.15, 0.2) is 36.5 Å². The molecule has 0 radical (unpaired) electrons. The highest BCUT2D eigenvalue weighted by atomic mass is 16.4. The van der Waals surface area contributed by atoms with Gasteiger partial charge in [-0.2, -0.15) is 5.26 Å². The maximum Gasteiger partial charge on any atom is 0.306 e. The van der Waals surface area contributed by atoms with Gasteiger partial charge in [-0.1, -0.05) is 6.92 Å². The number of carbonyl (C=O) groups is 1.